The van der Waals surface area contributed by atoms with Crippen LogP contribution in [0.4, 0.5) is 0 Å². The highest BCUT2D eigenvalue weighted by Crippen LogP contribution is 2.26. The molecule has 1 N–H and O–H groups in total. The number of piperazine rings is 1. The fourth-order valence-corrected chi connectivity index (χ4v) is 2.51. The maximum absolute atomic E-state index is 4.02. The minimum atomic E-state index is 0. The number of aryl methyl sites for hydroxylation is 2. The van der Waals surface area contributed by atoms with Crippen molar-refractivity contribution in [3.8, 4) is 0 Å². The second-order valence-corrected chi connectivity index (χ2v) is 4.83. The molecule has 0 radical (unpaired) electrons. The molecule has 1 fully saturated rings. The zero-order valence-electron chi connectivity index (χ0n) is 11.7. The smallest absolute Gasteiger partial charge is 0.0532 e. The first-order valence-corrected chi connectivity index (χ1v) is 6.37. The molecule has 0 spiro atoms. The first-order chi connectivity index (χ1) is 8.22. The van der Waals surface area contributed by atoms with Crippen molar-refractivity contribution in [2.24, 2.45) is 0 Å². The van der Waals surface area contributed by atoms with Gasteiger partial charge >= 0.3 is 0 Å². The molecule has 1 atom stereocenters. The Kier molecular flexibility index (Phi) is 8.35. The maximum atomic E-state index is 4.02. The predicted octanol–water partition coefficient (Wildman–Crippen LogP) is 3.28. The van der Waals surface area contributed by atoms with Crippen molar-refractivity contribution in [1.29, 1.82) is 0 Å². The molecule has 1 aliphatic rings. The molecule has 0 aromatic heterocycles. The van der Waals surface area contributed by atoms with Crippen molar-refractivity contribution in [3.05, 3.63) is 47.5 Å². The number of hydrogen-bond donors (Lipinski definition) is 1. The van der Waals surface area contributed by atoms with Gasteiger partial charge in [0.2, 0.25) is 0 Å². The van der Waals surface area contributed by atoms with Gasteiger partial charge in [0.05, 0.1) is 6.04 Å². The first kappa shape index (κ1) is 18.5. The van der Waals surface area contributed by atoms with Crippen LogP contribution in [0.5, 0.6) is 0 Å². The summed E-state index contributed by atoms with van der Waals surface area (Å²) in [6, 6.07) is 7.04. The molecule has 1 heterocycles. The van der Waals surface area contributed by atoms with Gasteiger partial charge in [-0.05, 0) is 25.0 Å². The van der Waals surface area contributed by atoms with Crippen molar-refractivity contribution >= 4 is 24.8 Å². The number of nitrogens with one attached hydrogen (secondary N) is 1. The Balaban J connectivity index is 0.00000162. The topological polar surface area (TPSA) is 15.3 Å². The fourth-order valence-electron chi connectivity index (χ4n) is 2.51. The van der Waals surface area contributed by atoms with Gasteiger partial charge in [-0.3, -0.25) is 4.90 Å². The van der Waals surface area contributed by atoms with Crippen LogP contribution in [0.2, 0.25) is 0 Å². The van der Waals surface area contributed by atoms with Crippen LogP contribution < -0.4 is 5.32 Å². The van der Waals surface area contributed by atoms with Crippen molar-refractivity contribution in [2.75, 3.05) is 26.2 Å². The second-order valence-electron chi connectivity index (χ2n) is 4.83. The summed E-state index contributed by atoms with van der Waals surface area (Å²) < 4.78 is 0. The van der Waals surface area contributed by atoms with E-state index in [2.05, 4.69) is 54.9 Å². The summed E-state index contributed by atoms with van der Waals surface area (Å²) in [6.07, 6.45) is 2.08. The lowest BCUT2D eigenvalue weighted by atomic mass is 9.97. The quantitative estimate of drug-likeness (QED) is 0.862. The summed E-state index contributed by atoms with van der Waals surface area (Å²) in [7, 11) is 0. The molecule has 2 rings (SSSR count). The highest BCUT2D eigenvalue weighted by molar-refractivity contribution is 5.85. The molecule has 0 bridgehead atoms. The van der Waals surface area contributed by atoms with E-state index in [1.807, 2.05) is 0 Å². The van der Waals surface area contributed by atoms with E-state index in [1.165, 1.54) is 16.7 Å². The molecule has 1 aliphatic heterocycles. The van der Waals surface area contributed by atoms with E-state index < -0.39 is 0 Å². The van der Waals surface area contributed by atoms with E-state index in [0.29, 0.717) is 6.04 Å². The van der Waals surface area contributed by atoms with Crippen LogP contribution in [0.15, 0.2) is 30.9 Å². The molecule has 2 nitrogen and oxygen atoms in total. The maximum Gasteiger partial charge on any atom is 0.0532 e. The van der Waals surface area contributed by atoms with Crippen LogP contribution in [-0.2, 0) is 0 Å². The van der Waals surface area contributed by atoms with Crippen LogP contribution in [0, 0.1) is 13.8 Å². The van der Waals surface area contributed by atoms with Crippen molar-refractivity contribution in [2.45, 2.75) is 19.9 Å². The molecule has 0 unspecified atom stereocenters. The van der Waals surface area contributed by atoms with Gasteiger partial charge in [0, 0.05) is 26.2 Å². The van der Waals surface area contributed by atoms with Crippen molar-refractivity contribution in [1.82, 2.24) is 10.2 Å². The summed E-state index contributed by atoms with van der Waals surface area (Å²) in [5.41, 5.74) is 4.09. The third-order valence-corrected chi connectivity index (χ3v) is 3.52. The van der Waals surface area contributed by atoms with Gasteiger partial charge in [0.1, 0.15) is 0 Å². The number of hydrogen-bond acceptors (Lipinski definition) is 2. The second kappa shape index (κ2) is 8.60. The van der Waals surface area contributed by atoms with E-state index in [4.69, 9.17) is 0 Å². The lowest BCUT2D eigenvalue weighted by Gasteiger charge is -2.34. The number of nitrogens with zero attached hydrogens (tertiary/aromatic N) is 1. The Hall–Kier alpha value is -0.540. The van der Waals surface area contributed by atoms with Crippen LogP contribution in [0.25, 0.3) is 0 Å². The zero-order chi connectivity index (χ0) is 12.3. The van der Waals surface area contributed by atoms with Crippen molar-refractivity contribution in [3.63, 3.8) is 0 Å². The molecule has 0 amide bonds. The Morgan fingerprint density at radius 1 is 1.21 bits per heavy atom. The first-order valence-electron chi connectivity index (χ1n) is 6.37. The van der Waals surface area contributed by atoms with Gasteiger partial charge in [-0.1, -0.05) is 29.8 Å². The molecule has 0 saturated carbocycles. The molecule has 1 aromatic rings. The van der Waals surface area contributed by atoms with Crippen LogP contribution in [0.3, 0.4) is 0 Å². The normalized spacial score (nSPS) is 16.9. The minimum absolute atomic E-state index is 0. The minimum Gasteiger partial charge on any atom is -0.314 e. The van der Waals surface area contributed by atoms with Gasteiger partial charge in [-0.25, -0.2) is 0 Å². The van der Waals surface area contributed by atoms with Crippen LogP contribution in [-0.4, -0.2) is 31.1 Å². The molecular formula is C15H24Cl2N2. The summed E-state index contributed by atoms with van der Waals surface area (Å²) in [5.74, 6) is 0. The largest absolute Gasteiger partial charge is 0.314 e. The third-order valence-electron chi connectivity index (χ3n) is 3.52. The summed E-state index contributed by atoms with van der Waals surface area (Å²) in [5, 5.41) is 3.40. The highest BCUT2D eigenvalue weighted by Gasteiger charge is 2.20. The molecule has 1 aromatic carbocycles. The number of benzene rings is 1. The van der Waals surface area contributed by atoms with E-state index in [0.717, 1.165) is 26.2 Å². The van der Waals surface area contributed by atoms with E-state index >= 15 is 0 Å². The number of rotatable bonds is 3. The van der Waals surface area contributed by atoms with Gasteiger partial charge in [0.15, 0.2) is 0 Å². The standard InChI is InChI=1S/C15H22N2.2ClH/c1-4-15(17-9-7-16-8-10-17)14-11-12(2)5-6-13(14)3;;/h4-6,11,15-16H,1,7-10H2,2-3H3;2*1H/t15-;;/m1../s1. The lowest BCUT2D eigenvalue weighted by Crippen LogP contribution is -2.44. The van der Waals surface area contributed by atoms with E-state index in [1.54, 1.807) is 0 Å². The molecule has 19 heavy (non-hydrogen) atoms. The van der Waals surface area contributed by atoms with Crippen LogP contribution in [0.1, 0.15) is 22.7 Å². The molecule has 108 valence electrons. The third kappa shape index (κ3) is 4.50. The lowest BCUT2D eigenvalue weighted by molar-refractivity contribution is 0.203. The summed E-state index contributed by atoms with van der Waals surface area (Å²) in [6.45, 7) is 12.7. The summed E-state index contributed by atoms with van der Waals surface area (Å²) in [4.78, 5) is 2.51. The molecule has 0 aliphatic carbocycles. The average molecular weight is 303 g/mol. The highest BCUT2D eigenvalue weighted by atomic mass is 35.5. The monoisotopic (exact) mass is 302 g/mol. The summed E-state index contributed by atoms with van der Waals surface area (Å²) >= 11 is 0. The molecule has 1 saturated heterocycles. The van der Waals surface area contributed by atoms with Gasteiger partial charge in [0.25, 0.3) is 0 Å². The Morgan fingerprint density at radius 3 is 2.42 bits per heavy atom. The van der Waals surface area contributed by atoms with Gasteiger partial charge in [-0.15, -0.1) is 31.4 Å². The van der Waals surface area contributed by atoms with Crippen molar-refractivity contribution < 1.29 is 0 Å². The molecular weight excluding hydrogens is 279 g/mol. The Morgan fingerprint density at radius 2 is 1.84 bits per heavy atom. The Labute approximate surface area is 129 Å². The zero-order valence-corrected chi connectivity index (χ0v) is 13.3. The number of halogens is 2. The van der Waals surface area contributed by atoms with E-state index in [9.17, 15) is 0 Å². The van der Waals surface area contributed by atoms with E-state index in [-0.39, 0.29) is 24.8 Å². The predicted molar refractivity (Wildman–Crippen MR) is 87.8 cm³/mol. The molecule has 4 heteroatoms. The van der Waals surface area contributed by atoms with Crippen LogP contribution >= 0.6 is 24.8 Å². The van der Waals surface area contributed by atoms with Gasteiger partial charge < -0.3 is 5.32 Å². The Bertz CT molecular complexity index is 401. The van der Waals surface area contributed by atoms with Gasteiger partial charge in [-0.2, -0.15) is 0 Å². The average Bonchev–Trinajstić information content (AvgIpc) is 2.36. The fraction of sp³-hybridized carbons (Fsp3) is 0.467. The SMILES string of the molecule is C=C[C@H](c1cc(C)ccc1C)N1CCNCC1.Cl.Cl.